The summed E-state index contributed by atoms with van der Waals surface area (Å²) in [5, 5.41) is 3.09. The lowest BCUT2D eigenvalue weighted by molar-refractivity contribution is -0.128. The SMILES string of the molecule is COC(C)(C)CNC(=O)[C@@H]1CCCN(C2CCN(c3nc4ccccc4o3)CC2)C1. The van der Waals surface area contributed by atoms with Crippen molar-refractivity contribution >= 4 is 23.0 Å². The summed E-state index contributed by atoms with van der Waals surface area (Å²) >= 11 is 0. The quantitative estimate of drug-likeness (QED) is 0.783. The molecule has 0 unspecified atom stereocenters. The summed E-state index contributed by atoms with van der Waals surface area (Å²) in [6.07, 6.45) is 4.20. The van der Waals surface area contributed by atoms with Gasteiger partial charge in [-0.05, 0) is 58.2 Å². The van der Waals surface area contributed by atoms with Crippen LogP contribution in [0.15, 0.2) is 28.7 Å². The van der Waals surface area contributed by atoms with Crippen molar-refractivity contribution in [2.45, 2.75) is 51.2 Å². The molecule has 3 heterocycles. The van der Waals surface area contributed by atoms with E-state index >= 15 is 0 Å². The number of benzene rings is 1. The molecular weight excluding hydrogens is 380 g/mol. The van der Waals surface area contributed by atoms with Crippen molar-refractivity contribution in [3.63, 3.8) is 0 Å². The van der Waals surface area contributed by atoms with Crippen molar-refractivity contribution in [1.82, 2.24) is 15.2 Å². The number of methoxy groups -OCH3 is 1. The van der Waals surface area contributed by atoms with E-state index in [-0.39, 0.29) is 17.4 Å². The first-order valence-electron chi connectivity index (χ1n) is 11.1. The van der Waals surface area contributed by atoms with Crippen LogP contribution in [0.25, 0.3) is 11.1 Å². The van der Waals surface area contributed by atoms with Gasteiger partial charge in [0.05, 0.1) is 11.5 Å². The third kappa shape index (κ3) is 4.78. The molecule has 2 fully saturated rings. The van der Waals surface area contributed by atoms with Crippen molar-refractivity contribution in [3.05, 3.63) is 24.3 Å². The number of hydrogen-bond donors (Lipinski definition) is 1. The molecule has 4 rings (SSSR count). The second kappa shape index (κ2) is 8.94. The van der Waals surface area contributed by atoms with Crippen molar-refractivity contribution < 1.29 is 13.9 Å². The van der Waals surface area contributed by atoms with Crippen LogP contribution in [0, 0.1) is 5.92 Å². The highest BCUT2D eigenvalue weighted by Crippen LogP contribution is 2.28. The van der Waals surface area contributed by atoms with Gasteiger partial charge in [0.1, 0.15) is 5.52 Å². The van der Waals surface area contributed by atoms with Crippen LogP contribution in [0.3, 0.4) is 0 Å². The van der Waals surface area contributed by atoms with Crippen LogP contribution in [0.2, 0.25) is 0 Å². The predicted molar refractivity (Wildman–Crippen MR) is 118 cm³/mol. The maximum atomic E-state index is 12.7. The number of piperidine rings is 2. The fraction of sp³-hybridized carbons (Fsp3) is 0.652. The number of para-hydroxylation sites is 2. The summed E-state index contributed by atoms with van der Waals surface area (Å²) in [7, 11) is 1.68. The lowest BCUT2D eigenvalue weighted by atomic mass is 9.93. The van der Waals surface area contributed by atoms with Crippen molar-refractivity contribution in [2.24, 2.45) is 5.92 Å². The Morgan fingerprint density at radius 2 is 2.00 bits per heavy atom. The first-order chi connectivity index (χ1) is 14.4. The monoisotopic (exact) mass is 414 g/mol. The summed E-state index contributed by atoms with van der Waals surface area (Å²) in [6.45, 7) is 8.34. The Morgan fingerprint density at radius 3 is 2.73 bits per heavy atom. The van der Waals surface area contributed by atoms with E-state index in [2.05, 4.69) is 20.1 Å². The van der Waals surface area contributed by atoms with Crippen LogP contribution in [0.1, 0.15) is 39.5 Å². The van der Waals surface area contributed by atoms with Crippen LogP contribution in [0.4, 0.5) is 6.01 Å². The van der Waals surface area contributed by atoms with Gasteiger partial charge in [-0.2, -0.15) is 4.98 Å². The molecule has 7 nitrogen and oxygen atoms in total. The van der Waals surface area contributed by atoms with Gasteiger partial charge in [0.15, 0.2) is 5.58 Å². The van der Waals surface area contributed by atoms with Gasteiger partial charge in [0.2, 0.25) is 5.91 Å². The molecule has 1 N–H and O–H groups in total. The Labute approximate surface area is 178 Å². The molecule has 2 aliphatic rings. The molecule has 1 aromatic heterocycles. The van der Waals surface area contributed by atoms with Gasteiger partial charge in [-0.25, -0.2) is 0 Å². The standard InChI is InChI=1S/C23H34N4O3/c1-23(2,29-3)16-24-21(28)17-7-6-12-27(15-17)18-10-13-26(14-11-18)22-25-19-8-4-5-9-20(19)30-22/h4-5,8-9,17-18H,6-7,10-16H2,1-3H3,(H,24,28)/t17-/m1/s1. The molecule has 0 bridgehead atoms. The molecule has 2 aliphatic heterocycles. The van der Waals surface area contributed by atoms with Gasteiger partial charge in [-0.1, -0.05) is 12.1 Å². The number of nitrogens with one attached hydrogen (secondary N) is 1. The number of carbonyl (C=O) groups is 1. The van der Waals surface area contributed by atoms with Crippen molar-refractivity contribution in [1.29, 1.82) is 0 Å². The topological polar surface area (TPSA) is 70.8 Å². The number of ether oxygens (including phenoxy) is 1. The fourth-order valence-corrected chi connectivity index (χ4v) is 4.49. The summed E-state index contributed by atoms with van der Waals surface area (Å²) < 4.78 is 11.4. The minimum atomic E-state index is -0.332. The second-order valence-electron chi connectivity index (χ2n) is 9.20. The lowest BCUT2D eigenvalue weighted by Gasteiger charge is -2.41. The van der Waals surface area contributed by atoms with Gasteiger partial charge in [-0.3, -0.25) is 9.69 Å². The predicted octanol–water partition coefficient (Wildman–Crippen LogP) is 3.05. The smallest absolute Gasteiger partial charge is 0.298 e. The van der Waals surface area contributed by atoms with E-state index in [4.69, 9.17) is 9.15 Å². The van der Waals surface area contributed by atoms with Gasteiger partial charge in [0.25, 0.3) is 6.01 Å². The molecule has 164 valence electrons. The zero-order valence-corrected chi connectivity index (χ0v) is 18.4. The average molecular weight is 415 g/mol. The highest BCUT2D eigenvalue weighted by molar-refractivity contribution is 5.79. The number of hydrogen-bond acceptors (Lipinski definition) is 6. The molecular formula is C23H34N4O3. The number of oxazole rings is 1. The lowest BCUT2D eigenvalue weighted by Crippen LogP contribution is -2.51. The zero-order valence-electron chi connectivity index (χ0n) is 18.4. The van der Waals surface area contributed by atoms with Crippen LogP contribution in [-0.4, -0.2) is 67.3 Å². The number of carbonyl (C=O) groups excluding carboxylic acids is 1. The van der Waals surface area contributed by atoms with Crippen LogP contribution in [0.5, 0.6) is 0 Å². The first-order valence-corrected chi connectivity index (χ1v) is 11.1. The number of nitrogens with zero attached hydrogens (tertiary/aromatic N) is 3. The number of amides is 1. The Hall–Kier alpha value is -2.12. The van der Waals surface area contributed by atoms with E-state index in [9.17, 15) is 4.79 Å². The van der Waals surface area contributed by atoms with E-state index in [0.29, 0.717) is 12.6 Å². The number of anilines is 1. The summed E-state index contributed by atoms with van der Waals surface area (Å²) in [4.78, 5) is 22.1. The fourth-order valence-electron chi connectivity index (χ4n) is 4.49. The molecule has 1 aromatic carbocycles. The van der Waals surface area contributed by atoms with Crippen LogP contribution < -0.4 is 10.2 Å². The average Bonchev–Trinajstić information content (AvgIpc) is 3.22. The number of fused-ring (bicyclic) bond motifs is 1. The maximum absolute atomic E-state index is 12.7. The molecule has 0 saturated carbocycles. The molecule has 2 saturated heterocycles. The Bertz CT molecular complexity index is 824. The van der Waals surface area contributed by atoms with Crippen LogP contribution in [-0.2, 0) is 9.53 Å². The zero-order chi connectivity index (χ0) is 21.1. The molecule has 30 heavy (non-hydrogen) atoms. The first kappa shape index (κ1) is 21.1. The molecule has 2 aromatic rings. The third-order valence-corrected chi connectivity index (χ3v) is 6.60. The van der Waals surface area contributed by atoms with Gasteiger partial charge < -0.3 is 19.4 Å². The minimum absolute atomic E-state index is 0.0708. The summed E-state index contributed by atoms with van der Waals surface area (Å²) in [6, 6.07) is 9.17. The van der Waals surface area contributed by atoms with E-state index in [1.165, 1.54) is 0 Å². The second-order valence-corrected chi connectivity index (χ2v) is 9.20. The van der Waals surface area contributed by atoms with Gasteiger partial charge >= 0.3 is 0 Å². The maximum Gasteiger partial charge on any atom is 0.298 e. The van der Waals surface area contributed by atoms with Gasteiger partial charge in [-0.15, -0.1) is 0 Å². The molecule has 0 aliphatic carbocycles. The van der Waals surface area contributed by atoms with E-state index in [0.717, 1.165) is 69.0 Å². The van der Waals surface area contributed by atoms with Gasteiger partial charge in [0, 0.05) is 39.3 Å². The molecule has 1 amide bonds. The molecule has 7 heteroatoms. The molecule has 1 atom stereocenters. The highest BCUT2D eigenvalue weighted by Gasteiger charge is 2.33. The molecule has 0 spiro atoms. The largest absolute Gasteiger partial charge is 0.423 e. The summed E-state index contributed by atoms with van der Waals surface area (Å²) in [5.74, 6) is 0.232. The number of rotatable bonds is 6. The van der Waals surface area contributed by atoms with Crippen molar-refractivity contribution in [2.75, 3.05) is 44.7 Å². The third-order valence-electron chi connectivity index (χ3n) is 6.60. The Morgan fingerprint density at radius 1 is 1.23 bits per heavy atom. The van der Waals surface area contributed by atoms with Crippen molar-refractivity contribution in [3.8, 4) is 0 Å². The molecule has 0 radical (unpaired) electrons. The van der Waals surface area contributed by atoms with E-state index in [1.54, 1.807) is 7.11 Å². The summed E-state index contributed by atoms with van der Waals surface area (Å²) in [5.41, 5.74) is 1.42. The van der Waals surface area contributed by atoms with Crippen LogP contribution >= 0.6 is 0 Å². The number of aromatic nitrogens is 1. The Balaban J connectivity index is 1.29. The van der Waals surface area contributed by atoms with E-state index < -0.39 is 0 Å². The Kier molecular flexibility index (Phi) is 6.29. The highest BCUT2D eigenvalue weighted by atomic mass is 16.5. The normalized spacial score (nSPS) is 21.8. The minimum Gasteiger partial charge on any atom is -0.423 e. The number of likely N-dealkylation sites (tertiary alicyclic amines) is 1. The van der Waals surface area contributed by atoms with E-state index in [1.807, 2.05) is 38.1 Å².